The highest BCUT2D eigenvalue weighted by Crippen LogP contribution is 2.27. The van der Waals surface area contributed by atoms with Crippen LogP contribution in [0.3, 0.4) is 0 Å². The van der Waals surface area contributed by atoms with Gasteiger partial charge in [0, 0.05) is 4.88 Å². The number of hydrogen-bond donors (Lipinski definition) is 2. The zero-order valence-electron chi connectivity index (χ0n) is 11.8. The van der Waals surface area contributed by atoms with Gasteiger partial charge in [0.25, 0.3) is 10.0 Å². The number of nitrogens with one attached hydrogen (secondary N) is 1. The smallest absolute Gasteiger partial charge is 0.265 e. The van der Waals surface area contributed by atoms with Crippen molar-refractivity contribution >= 4 is 32.2 Å². The monoisotopic (exact) mass is 311 g/mol. The van der Waals surface area contributed by atoms with Crippen LogP contribution in [0.5, 0.6) is 0 Å². The molecule has 1 aromatic heterocycles. The molecule has 2 aromatic rings. The molecular weight excluding hydrogens is 294 g/mol. The van der Waals surface area contributed by atoms with E-state index in [0.29, 0.717) is 5.13 Å². The van der Waals surface area contributed by atoms with E-state index in [1.807, 2.05) is 27.7 Å². The fourth-order valence-corrected chi connectivity index (χ4v) is 3.98. The maximum absolute atomic E-state index is 12.4. The summed E-state index contributed by atoms with van der Waals surface area (Å²) in [6.07, 6.45) is 0. The van der Waals surface area contributed by atoms with Crippen molar-refractivity contribution in [2.45, 2.75) is 32.6 Å². The van der Waals surface area contributed by atoms with Gasteiger partial charge < -0.3 is 5.73 Å². The number of anilines is 2. The second-order valence-corrected chi connectivity index (χ2v) is 7.59. The number of benzene rings is 1. The number of aryl methyl sites for hydroxylation is 4. The molecule has 0 radical (unpaired) electrons. The number of sulfonamides is 1. The van der Waals surface area contributed by atoms with Crippen LogP contribution in [0.4, 0.5) is 10.8 Å². The molecule has 3 N–H and O–H groups in total. The molecule has 0 aliphatic carbocycles. The van der Waals surface area contributed by atoms with Gasteiger partial charge in [-0.15, -0.1) is 11.3 Å². The van der Waals surface area contributed by atoms with Crippen LogP contribution in [0, 0.1) is 27.7 Å². The maximum Gasteiger partial charge on any atom is 0.265 e. The first kappa shape index (κ1) is 14.8. The first-order valence-corrected chi connectivity index (χ1v) is 8.34. The Balaban J connectivity index is 2.43. The number of aromatic nitrogens is 1. The molecule has 0 saturated carbocycles. The lowest BCUT2D eigenvalue weighted by atomic mass is 10.1. The van der Waals surface area contributed by atoms with Crippen LogP contribution in [-0.4, -0.2) is 13.4 Å². The molecule has 5 nitrogen and oxygen atoms in total. The highest BCUT2D eigenvalue weighted by Gasteiger charge is 2.20. The zero-order chi connectivity index (χ0) is 15.1. The molecule has 0 aliphatic heterocycles. The highest BCUT2D eigenvalue weighted by atomic mass is 32.2. The van der Waals surface area contributed by atoms with Gasteiger partial charge in [-0.25, -0.2) is 13.4 Å². The molecule has 0 atom stereocenters. The Bertz CT molecular complexity index is 745. The van der Waals surface area contributed by atoms with Crippen molar-refractivity contribution in [2.24, 2.45) is 0 Å². The summed E-state index contributed by atoms with van der Waals surface area (Å²) < 4.78 is 27.2. The number of nitrogens with two attached hydrogens (primary N) is 1. The van der Waals surface area contributed by atoms with Gasteiger partial charge in [-0.2, -0.15) is 0 Å². The molecule has 2 rings (SSSR count). The summed E-state index contributed by atoms with van der Waals surface area (Å²) in [6, 6.07) is 3.25. The Hall–Kier alpha value is -1.60. The number of rotatable bonds is 3. The minimum absolute atomic E-state index is 0.0890. The first-order chi connectivity index (χ1) is 9.20. The molecule has 0 bridgehead atoms. The molecule has 108 valence electrons. The molecule has 0 spiro atoms. The number of nitrogen functional groups attached to an aromatic ring is 1. The lowest BCUT2D eigenvalue weighted by molar-refractivity contribution is 0.601. The molecular formula is C13H17N3O2S2. The summed E-state index contributed by atoms with van der Waals surface area (Å²) in [5, 5.41) is 0.359. The average molecular weight is 311 g/mol. The van der Waals surface area contributed by atoms with E-state index in [1.165, 1.54) is 11.3 Å². The standard InChI is InChI=1S/C13H17N3O2S2/c1-7-5-11(14)12(6-8(7)2)20(17,18)16-13-15-9(3)10(4)19-13/h5-6H,14H2,1-4H3,(H,15,16). The maximum atomic E-state index is 12.4. The topological polar surface area (TPSA) is 85.1 Å². The van der Waals surface area contributed by atoms with E-state index < -0.39 is 10.0 Å². The molecule has 0 unspecified atom stereocenters. The van der Waals surface area contributed by atoms with Gasteiger partial charge >= 0.3 is 0 Å². The van der Waals surface area contributed by atoms with Crippen LogP contribution in [0.2, 0.25) is 0 Å². The second kappa shape index (κ2) is 5.06. The summed E-state index contributed by atoms with van der Waals surface area (Å²) in [4.78, 5) is 5.25. The fraction of sp³-hybridized carbons (Fsp3) is 0.308. The lowest BCUT2D eigenvalue weighted by Crippen LogP contribution is -2.15. The Morgan fingerprint density at radius 2 is 1.75 bits per heavy atom. The van der Waals surface area contributed by atoms with Crippen LogP contribution < -0.4 is 10.5 Å². The SMILES string of the molecule is Cc1cc(N)c(S(=O)(=O)Nc2nc(C)c(C)s2)cc1C. The molecule has 20 heavy (non-hydrogen) atoms. The van der Waals surface area contributed by atoms with Gasteiger partial charge in [0.05, 0.1) is 11.4 Å². The third kappa shape index (κ3) is 2.78. The van der Waals surface area contributed by atoms with Crippen molar-refractivity contribution in [3.8, 4) is 0 Å². The predicted molar refractivity (Wildman–Crippen MR) is 82.7 cm³/mol. The van der Waals surface area contributed by atoms with E-state index in [4.69, 9.17) is 5.73 Å². The number of nitrogens with zero attached hydrogens (tertiary/aromatic N) is 1. The van der Waals surface area contributed by atoms with Gasteiger partial charge in [0.1, 0.15) is 4.90 Å². The van der Waals surface area contributed by atoms with Crippen LogP contribution in [0.15, 0.2) is 17.0 Å². The fourth-order valence-electron chi connectivity index (χ4n) is 1.73. The average Bonchev–Trinajstić information content (AvgIpc) is 2.61. The Morgan fingerprint density at radius 3 is 2.30 bits per heavy atom. The van der Waals surface area contributed by atoms with E-state index in [0.717, 1.165) is 21.7 Å². The first-order valence-electron chi connectivity index (χ1n) is 6.04. The largest absolute Gasteiger partial charge is 0.398 e. The minimum Gasteiger partial charge on any atom is -0.398 e. The van der Waals surface area contributed by atoms with Gasteiger partial charge in [-0.3, -0.25) is 4.72 Å². The Morgan fingerprint density at radius 1 is 1.15 bits per heavy atom. The lowest BCUT2D eigenvalue weighted by Gasteiger charge is -2.10. The molecule has 7 heteroatoms. The van der Waals surface area contributed by atoms with Gasteiger partial charge in [0.2, 0.25) is 0 Å². The van der Waals surface area contributed by atoms with Crippen molar-refractivity contribution in [1.29, 1.82) is 0 Å². The van der Waals surface area contributed by atoms with Crippen LogP contribution in [0.25, 0.3) is 0 Å². The third-order valence-corrected chi connectivity index (χ3v) is 5.68. The van der Waals surface area contributed by atoms with E-state index in [9.17, 15) is 8.42 Å². The summed E-state index contributed by atoms with van der Waals surface area (Å²) in [5.74, 6) is 0. The predicted octanol–water partition coefficient (Wildman–Crippen LogP) is 2.76. The summed E-state index contributed by atoms with van der Waals surface area (Å²) >= 11 is 1.31. The minimum atomic E-state index is -3.71. The van der Waals surface area contributed by atoms with Crippen molar-refractivity contribution in [1.82, 2.24) is 4.98 Å². The third-order valence-electron chi connectivity index (χ3n) is 3.17. The van der Waals surface area contributed by atoms with Crippen molar-refractivity contribution < 1.29 is 8.42 Å². The van der Waals surface area contributed by atoms with Crippen LogP contribution in [0.1, 0.15) is 21.7 Å². The molecule has 0 aliphatic rings. The van der Waals surface area contributed by atoms with E-state index in [1.54, 1.807) is 12.1 Å². The summed E-state index contributed by atoms with van der Waals surface area (Å²) in [7, 11) is -3.71. The molecule has 0 amide bonds. The molecule has 1 heterocycles. The van der Waals surface area contributed by atoms with E-state index >= 15 is 0 Å². The van der Waals surface area contributed by atoms with Crippen molar-refractivity contribution in [2.75, 3.05) is 10.5 Å². The van der Waals surface area contributed by atoms with E-state index in [-0.39, 0.29) is 10.6 Å². The summed E-state index contributed by atoms with van der Waals surface area (Å²) in [6.45, 7) is 7.48. The molecule has 0 saturated heterocycles. The highest BCUT2D eigenvalue weighted by molar-refractivity contribution is 7.93. The number of hydrogen-bond acceptors (Lipinski definition) is 5. The van der Waals surface area contributed by atoms with E-state index in [2.05, 4.69) is 9.71 Å². The van der Waals surface area contributed by atoms with Gasteiger partial charge in [-0.1, -0.05) is 0 Å². The summed E-state index contributed by atoms with van der Waals surface area (Å²) in [5.41, 5.74) is 8.73. The quantitative estimate of drug-likeness (QED) is 0.854. The van der Waals surface area contributed by atoms with Crippen molar-refractivity contribution in [3.63, 3.8) is 0 Å². The van der Waals surface area contributed by atoms with Crippen LogP contribution >= 0.6 is 11.3 Å². The molecule has 0 fully saturated rings. The zero-order valence-corrected chi connectivity index (χ0v) is 13.4. The van der Waals surface area contributed by atoms with Gasteiger partial charge in [0.15, 0.2) is 5.13 Å². The van der Waals surface area contributed by atoms with Gasteiger partial charge in [-0.05, 0) is 51.0 Å². The Kier molecular flexibility index (Phi) is 3.75. The van der Waals surface area contributed by atoms with Crippen LogP contribution in [-0.2, 0) is 10.0 Å². The second-order valence-electron chi connectivity index (χ2n) is 4.74. The van der Waals surface area contributed by atoms with Crippen molar-refractivity contribution in [3.05, 3.63) is 33.8 Å². The Labute approximate surface area is 122 Å². The number of thiazole rings is 1. The molecule has 1 aromatic carbocycles. The normalized spacial score (nSPS) is 11.6.